The van der Waals surface area contributed by atoms with Crippen LogP contribution in [0.2, 0.25) is 0 Å². The zero-order chi connectivity index (χ0) is 15.4. The first kappa shape index (κ1) is 14.6. The molecule has 0 spiro atoms. The highest BCUT2D eigenvalue weighted by Crippen LogP contribution is 2.21. The summed E-state index contributed by atoms with van der Waals surface area (Å²) in [6.07, 6.45) is 3.29. The average molecular weight is 289 g/mol. The van der Waals surface area contributed by atoms with Gasteiger partial charge in [-0.2, -0.15) is 5.10 Å². The molecular weight excluding hydrogens is 274 g/mol. The molecule has 0 aliphatic carbocycles. The number of nitro groups is 1. The second-order valence-electron chi connectivity index (χ2n) is 4.57. The molecule has 2 heterocycles. The Labute approximate surface area is 121 Å². The Kier molecular flexibility index (Phi) is 4.27. The van der Waals surface area contributed by atoms with Crippen molar-refractivity contribution >= 4 is 11.6 Å². The van der Waals surface area contributed by atoms with E-state index in [9.17, 15) is 14.9 Å². The Morgan fingerprint density at radius 2 is 2.05 bits per heavy atom. The summed E-state index contributed by atoms with van der Waals surface area (Å²) >= 11 is 0. The monoisotopic (exact) mass is 289 g/mol. The van der Waals surface area contributed by atoms with Gasteiger partial charge < -0.3 is 5.32 Å². The van der Waals surface area contributed by atoms with Crippen molar-refractivity contribution in [1.29, 1.82) is 0 Å². The van der Waals surface area contributed by atoms with E-state index in [0.717, 1.165) is 5.56 Å². The lowest BCUT2D eigenvalue weighted by molar-refractivity contribution is -0.386. The maximum atomic E-state index is 11.9. The minimum atomic E-state index is -0.483. The van der Waals surface area contributed by atoms with Crippen LogP contribution in [0.15, 0.2) is 24.5 Å². The molecule has 1 N–H and O–H groups in total. The normalized spacial score (nSPS) is 10.4. The quantitative estimate of drug-likeness (QED) is 0.656. The fourth-order valence-corrected chi connectivity index (χ4v) is 2.00. The highest BCUT2D eigenvalue weighted by atomic mass is 16.6. The Balaban J connectivity index is 2.00. The number of hydrogen-bond acceptors (Lipinski definition) is 5. The van der Waals surface area contributed by atoms with Crippen molar-refractivity contribution in [1.82, 2.24) is 20.1 Å². The molecule has 0 fully saturated rings. The molecule has 0 radical (unpaired) electrons. The van der Waals surface area contributed by atoms with E-state index in [-0.39, 0.29) is 18.1 Å². The molecule has 2 aromatic heterocycles. The Bertz CT molecular complexity index is 666. The Morgan fingerprint density at radius 3 is 2.62 bits per heavy atom. The molecule has 0 bridgehead atoms. The predicted octanol–water partition coefficient (Wildman–Crippen LogP) is 1.12. The Morgan fingerprint density at radius 1 is 1.38 bits per heavy atom. The molecule has 2 aromatic rings. The highest BCUT2D eigenvalue weighted by molar-refractivity contribution is 5.75. The van der Waals surface area contributed by atoms with Crippen LogP contribution >= 0.6 is 0 Å². The lowest BCUT2D eigenvalue weighted by atomic mass is 10.3. The number of aryl methyl sites for hydroxylation is 1. The third-order valence-electron chi connectivity index (χ3n) is 3.06. The maximum Gasteiger partial charge on any atom is 0.312 e. The van der Waals surface area contributed by atoms with Gasteiger partial charge in [0.05, 0.1) is 4.92 Å². The molecule has 8 heteroatoms. The molecule has 0 aliphatic heterocycles. The van der Waals surface area contributed by atoms with E-state index < -0.39 is 4.92 Å². The summed E-state index contributed by atoms with van der Waals surface area (Å²) in [7, 11) is 0. The second-order valence-corrected chi connectivity index (χ2v) is 4.57. The van der Waals surface area contributed by atoms with Crippen LogP contribution < -0.4 is 5.32 Å². The van der Waals surface area contributed by atoms with E-state index in [1.54, 1.807) is 38.4 Å². The SMILES string of the molecule is Cc1nn(CC(=O)NCc2ccncc2)c(C)c1[N+](=O)[O-]. The molecule has 2 rings (SSSR count). The van der Waals surface area contributed by atoms with E-state index in [4.69, 9.17) is 0 Å². The van der Waals surface area contributed by atoms with Crippen molar-refractivity contribution in [2.24, 2.45) is 0 Å². The number of rotatable bonds is 5. The van der Waals surface area contributed by atoms with Crippen LogP contribution in [0.4, 0.5) is 5.69 Å². The number of amides is 1. The summed E-state index contributed by atoms with van der Waals surface area (Å²) in [6, 6.07) is 3.60. The molecule has 0 aliphatic rings. The number of hydrogen-bond donors (Lipinski definition) is 1. The zero-order valence-electron chi connectivity index (χ0n) is 11.7. The van der Waals surface area contributed by atoms with Crippen molar-refractivity contribution in [2.45, 2.75) is 26.9 Å². The summed E-state index contributed by atoms with van der Waals surface area (Å²) in [4.78, 5) is 26.2. The van der Waals surface area contributed by atoms with Crippen molar-refractivity contribution in [3.63, 3.8) is 0 Å². The lowest BCUT2D eigenvalue weighted by Crippen LogP contribution is -2.28. The van der Waals surface area contributed by atoms with Gasteiger partial charge in [0.25, 0.3) is 0 Å². The minimum Gasteiger partial charge on any atom is -0.350 e. The molecule has 0 aromatic carbocycles. The number of carbonyl (C=O) groups excluding carboxylic acids is 1. The molecule has 1 amide bonds. The van der Waals surface area contributed by atoms with Gasteiger partial charge >= 0.3 is 5.69 Å². The minimum absolute atomic E-state index is 0.0445. The zero-order valence-corrected chi connectivity index (χ0v) is 11.7. The molecule has 0 saturated carbocycles. The second kappa shape index (κ2) is 6.12. The van der Waals surface area contributed by atoms with Gasteiger partial charge in [-0.1, -0.05) is 0 Å². The molecule has 0 atom stereocenters. The van der Waals surface area contributed by atoms with E-state index in [0.29, 0.717) is 17.9 Å². The summed E-state index contributed by atoms with van der Waals surface area (Å²) in [5.74, 6) is -0.257. The van der Waals surface area contributed by atoms with Crippen molar-refractivity contribution < 1.29 is 9.72 Å². The predicted molar refractivity (Wildman–Crippen MR) is 74.4 cm³/mol. The topological polar surface area (TPSA) is 103 Å². The van der Waals surface area contributed by atoms with Gasteiger partial charge in [-0.3, -0.25) is 24.6 Å². The van der Waals surface area contributed by atoms with Crippen LogP contribution in [0.1, 0.15) is 17.0 Å². The van der Waals surface area contributed by atoms with Gasteiger partial charge in [-0.15, -0.1) is 0 Å². The largest absolute Gasteiger partial charge is 0.350 e. The summed E-state index contributed by atoms with van der Waals surface area (Å²) < 4.78 is 1.34. The first-order chi connectivity index (χ1) is 9.99. The molecule has 21 heavy (non-hydrogen) atoms. The summed E-state index contributed by atoms with van der Waals surface area (Å²) in [6.45, 7) is 3.46. The fraction of sp³-hybridized carbons (Fsp3) is 0.308. The first-order valence-corrected chi connectivity index (χ1v) is 6.33. The van der Waals surface area contributed by atoms with Crippen LogP contribution in [0.3, 0.4) is 0 Å². The van der Waals surface area contributed by atoms with E-state index in [1.165, 1.54) is 4.68 Å². The van der Waals surface area contributed by atoms with Gasteiger partial charge in [-0.25, -0.2) is 0 Å². The Hall–Kier alpha value is -2.77. The van der Waals surface area contributed by atoms with Crippen LogP contribution in [-0.4, -0.2) is 25.6 Å². The van der Waals surface area contributed by atoms with Crippen molar-refractivity contribution in [3.05, 3.63) is 51.6 Å². The number of nitrogens with one attached hydrogen (secondary N) is 1. The average Bonchev–Trinajstić information content (AvgIpc) is 2.72. The van der Waals surface area contributed by atoms with E-state index in [2.05, 4.69) is 15.4 Å². The molecule has 8 nitrogen and oxygen atoms in total. The summed E-state index contributed by atoms with van der Waals surface area (Å²) in [5, 5.41) is 17.7. The van der Waals surface area contributed by atoms with E-state index in [1.807, 2.05) is 0 Å². The third-order valence-corrected chi connectivity index (χ3v) is 3.06. The number of carbonyl (C=O) groups is 1. The molecule has 110 valence electrons. The van der Waals surface area contributed by atoms with Crippen LogP contribution in [0.25, 0.3) is 0 Å². The number of pyridine rings is 1. The van der Waals surface area contributed by atoms with Crippen LogP contribution in [-0.2, 0) is 17.9 Å². The molecule has 0 saturated heterocycles. The van der Waals surface area contributed by atoms with Gasteiger partial charge in [0.15, 0.2) is 0 Å². The van der Waals surface area contributed by atoms with Crippen LogP contribution in [0, 0.1) is 24.0 Å². The fourth-order valence-electron chi connectivity index (χ4n) is 2.00. The maximum absolute atomic E-state index is 11.9. The van der Waals surface area contributed by atoms with Crippen LogP contribution in [0.5, 0.6) is 0 Å². The van der Waals surface area contributed by atoms with Gasteiger partial charge in [0.1, 0.15) is 17.9 Å². The van der Waals surface area contributed by atoms with E-state index >= 15 is 0 Å². The summed E-state index contributed by atoms with van der Waals surface area (Å²) in [5.41, 5.74) is 1.56. The van der Waals surface area contributed by atoms with Gasteiger partial charge in [0.2, 0.25) is 5.91 Å². The van der Waals surface area contributed by atoms with Gasteiger partial charge in [0, 0.05) is 18.9 Å². The molecule has 0 unspecified atom stereocenters. The molecular formula is C13H15N5O3. The number of nitrogens with zero attached hydrogens (tertiary/aromatic N) is 4. The smallest absolute Gasteiger partial charge is 0.312 e. The third kappa shape index (κ3) is 3.41. The number of aromatic nitrogens is 3. The van der Waals surface area contributed by atoms with Gasteiger partial charge in [-0.05, 0) is 31.5 Å². The highest BCUT2D eigenvalue weighted by Gasteiger charge is 2.22. The standard InChI is InChI=1S/C13H15N5O3/c1-9-13(18(20)21)10(2)17(16-9)8-12(19)15-7-11-3-5-14-6-4-11/h3-6H,7-8H2,1-2H3,(H,15,19). The lowest BCUT2D eigenvalue weighted by Gasteiger charge is -2.06. The first-order valence-electron chi connectivity index (χ1n) is 6.33. The van der Waals surface area contributed by atoms with Crippen molar-refractivity contribution in [3.8, 4) is 0 Å². The van der Waals surface area contributed by atoms with Crippen molar-refractivity contribution in [2.75, 3.05) is 0 Å².